The maximum absolute atomic E-state index is 11.9. The van der Waals surface area contributed by atoms with Crippen LogP contribution in [-0.2, 0) is 9.84 Å². The highest BCUT2D eigenvalue weighted by Crippen LogP contribution is 2.43. The summed E-state index contributed by atoms with van der Waals surface area (Å²) in [6.45, 7) is 0. The molecular formula is C8H7Br3O3S. The average Bonchev–Trinajstić information content (AvgIpc) is 2.16. The van der Waals surface area contributed by atoms with E-state index in [-0.39, 0.29) is 4.90 Å². The lowest BCUT2D eigenvalue weighted by molar-refractivity contribution is 0.413. The number of sulfone groups is 1. The highest BCUT2D eigenvalue weighted by Gasteiger charge is 2.37. The van der Waals surface area contributed by atoms with Gasteiger partial charge in [-0.05, 0) is 66.0 Å². The Morgan fingerprint density at radius 1 is 1.27 bits per heavy atom. The minimum absolute atomic E-state index is 0.160. The van der Waals surface area contributed by atoms with E-state index in [0.717, 1.165) is 0 Å². The van der Waals surface area contributed by atoms with E-state index in [1.807, 2.05) is 0 Å². The number of hydrogen-bond donors (Lipinski definition) is 0. The largest absolute Gasteiger partial charge is 0.497 e. The fourth-order valence-electron chi connectivity index (χ4n) is 0.902. The second-order valence-corrected chi connectivity index (χ2v) is 13.1. The molecule has 1 aromatic carbocycles. The molecule has 0 saturated carbocycles. The molecule has 0 saturated heterocycles. The minimum Gasteiger partial charge on any atom is -0.497 e. The molecule has 3 nitrogen and oxygen atoms in total. The van der Waals surface area contributed by atoms with Gasteiger partial charge in [0.1, 0.15) is 5.75 Å². The van der Waals surface area contributed by atoms with Crippen LogP contribution >= 0.6 is 47.8 Å². The fraction of sp³-hybridized carbons (Fsp3) is 0.250. The van der Waals surface area contributed by atoms with E-state index in [9.17, 15) is 8.42 Å². The average molecular weight is 423 g/mol. The molecule has 0 N–H and O–H groups in total. The van der Waals surface area contributed by atoms with Crippen LogP contribution < -0.4 is 4.74 Å². The minimum atomic E-state index is -3.54. The Kier molecular flexibility index (Phi) is 4.25. The monoisotopic (exact) mass is 420 g/mol. The highest BCUT2D eigenvalue weighted by atomic mass is 80.0. The topological polar surface area (TPSA) is 43.4 Å². The molecular weight excluding hydrogens is 416 g/mol. The van der Waals surface area contributed by atoms with Gasteiger partial charge in [-0.2, -0.15) is 0 Å². The van der Waals surface area contributed by atoms with Gasteiger partial charge in [-0.15, -0.1) is 0 Å². The highest BCUT2D eigenvalue weighted by molar-refractivity contribution is 9.42. The molecule has 0 fully saturated rings. The number of ether oxygens (including phenoxy) is 1. The molecule has 84 valence electrons. The lowest BCUT2D eigenvalue weighted by atomic mass is 10.3. The third-order valence-electron chi connectivity index (χ3n) is 1.66. The van der Waals surface area contributed by atoms with Crippen LogP contribution in [-0.4, -0.2) is 17.0 Å². The number of benzene rings is 1. The van der Waals surface area contributed by atoms with Crippen LogP contribution in [0.5, 0.6) is 5.75 Å². The van der Waals surface area contributed by atoms with Crippen LogP contribution in [0.25, 0.3) is 0 Å². The Bertz CT molecular complexity index is 450. The molecule has 0 amide bonds. The van der Waals surface area contributed by atoms with Crippen LogP contribution in [0.4, 0.5) is 0 Å². The van der Waals surface area contributed by atoms with Gasteiger partial charge in [0.05, 0.1) is 12.0 Å². The number of alkyl halides is 3. The Labute approximate surface area is 114 Å². The van der Waals surface area contributed by atoms with Gasteiger partial charge < -0.3 is 4.74 Å². The maximum atomic E-state index is 11.9. The predicted octanol–water partition coefficient (Wildman–Crippen LogP) is 3.26. The van der Waals surface area contributed by atoms with Gasteiger partial charge in [0, 0.05) is 0 Å². The third-order valence-corrected chi connectivity index (χ3v) is 6.98. The molecule has 0 aliphatic heterocycles. The van der Waals surface area contributed by atoms with Gasteiger partial charge in [0.15, 0.2) is 0 Å². The molecule has 15 heavy (non-hydrogen) atoms. The summed E-state index contributed by atoms with van der Waals surface area (Å²) in [5.74, 6) is 0.493. The molecule has 0 aromatic heterocycles. The van der Waals surface area contributed by atoms with E-state index in [4.69, 9.17) is 4.74 Å². The van der Waals surface area contributed by atoms with E-state index in [0.29, 0.717) is 5.75 Å². The second-order valence-electron chi connectivity index (χ2n) is 2.63. The summed E-state index contributed by atoms with van der Waals surface area (Å²) in [7, 11) is -2.06. The molecule has 0 unspecified atom stereocenters. The number of methoxy groups -OCH3 is 1. The number of rotatable bonds is 2. The van der Waals surface area contributed by atoms with Crippen LogP contribution in [0, 0.1) is 0 Å². The Morgan fingerprint density at radius 2 is 1.87 bits per heavy atom. The van der Waals surface area contributed by atoms with E-state index in [1.54, 1.807) is 12.1 Å². The summed E-state index contributed by atoms with van der Waals surface area (Å²) in [4.78, 5) is 0.160. The molecule has 0 radical (unpaired) electrons. The zero-order chi connectivity index (χ0) is 11.7. The van der Waals surface area contributed by atoms with Crippen molar-refractivity contribution in [1.82, 2.24) is 0 Å². The molecule has 0 atom stereocenters. The lowest BCUT2D eigenvalue weighted by Gasteiger charge is -2.13. The molecule has 0 spiro atoms. The molecule has 0 aliphatic carbocycles. The van der Waals surface area contributed by atoms with Gasteiger partial charge in [-0.25, -0.2) is 8.42 Å². The SMILES string of the molecule is COc1cccc(S(=O)(=O)C(Br)(Br)Br)c1. The number of hydrogen-bond acceptors (Lipinski definition) is 3. The standard InChI is InChI=1S/C8H7Br3O3S/c1-14-6-3-2-4-7(5-6)15(12,13)8(9,10)11/h2-5H,1H3. The van der Waals surface area contributed by atoms with Crippen molar-refractivity contribution in [3.8, 4) is 5.75 Å². The summed E-state index contributed by atoms with van der Waals surface area (Å²) in [6, 6.07) is 6.24. The fourth-order valence-corrected chi connectivity index (χ4v) is 3.38. The van der Waals surface area contributed by atoms with Crippen LogP contribution in [0.3, 0.4) is 0 Å². The van der Waals surface area contributed by atoms with Crippen LogP contribution in [0.1, 0.15) is 0 Å². The zero-order valence-electron chi connectivity index (χ0n) is 7.58. The van der Waals surface area contributed by atoms with Gasteiger partial charge in [-0.3, -0.25) is 0 Å². The normalized spacial score (nSPS) is 12.5. The molecule has 0 aliphatic rings. The Balaban J connectivity index is 3.29. The second kappa shape index (κ2) is 4.73. The predicted molar refractivity (Wildman–Crippen MR) is 69.7 cm³/mol. The molecule has 0 bridgehead atoms. The zero-order valence-corrected chi connectivity index (χ0v) is 13.2. The van der Waals surface area contributed by atoms with Crippen LogP contribution in [0.2, 0.25) is 0 Å². The van der Waals surface area contributed by atoms with Crippen molar-refractivity contribution >= 4 is 57.6 Å². The summed E-state index contributed by atoms with van der Waals surface area (Å²) in [5.41, 5.74) is 0. The van der Waals surface area contributed by atoms with E-state index < -0.39 is 11.3 Å². The van der Waals surface area contributed by atoms with Crippen molar-refractivity contribution in [3.05, 3.63) is 24.3 Å². The first-order valence-corrected chi connectivity index (χ1v) is 7.60. The summed E-state index contributed by atoms with van der Waals surface area (Å²) in [5, 5.41) is 0. The van der Waals surface area contributed by atoms with Gasteiger partial charge in [-0.1, -0.05) is 6.07 Å². The van der Waals surface area contributed by atoms with Gasteiger partial charge >= 0.3 is 0 Å². The first kappa shape index (κ1) is 13.5. The van der Waals surface area contributed by atoms with Gasteiger partial charge in [0.2, 0.25) is 11.3 Å². The summed E-state index contributed by atoms with van der Waals surface area (Å²) < 4.78 is 27.4. The van der Waals surface area contributed by atoms with Crippen molar-refractivity contribution in [3.63, 3.8) is 0 Å². The lowest BCUT2D eigenvalue weighted by Crippen LogP contribution is -2.17. The van der Waals surface area contributed by atoms with Gasteiger partial charge in [0.25, 0.3) is 0 Å². The Hall–Kier alpha value is 0.410. The first-order valence-electron chi connectivity index (χ1n) is 3.74. The first-order chi connectivity index (χ1) is 6.79. The third kappa shape index (κ3) is 2.95. The van der Waals surface area contributed by atoms with Crippen molar-refractivity contribution in [1.29, 1.82) is 0 Å². The Morgan fingerprint density at radius 3 is 2.33 bits per heavy atom. The van der Waals surface area contributed by atoms with Crippen molar-refractivity contribution < 1.29 is 13.2 Å². The number of halogens is 3. The van der Waals surface area contributed by atoms with Crippen molar-refractivity contribution in [2.75, 3.05) is 7.11 Å². The quantitative estimate of drug-likeness (QED) is 0.687. The van der Waals surface area contributed by atoms with Crippen LogP contribution in [0.15, 0.2) is 29.2 Å². The summed E-state index contributed by atoms with van der Waals surface area (Å²) in [6.07, 6.45) is 0. The van der Waals surface area contributed by atoms with E-state index in [2.05, 4.69) is 47.8 Å². The maximum Gasteiger partial charge on any atom is 0.239 e. The molecule has 7 heteroatoms. The molecule has 0 heterocycles. The van der Waals surface area contributed by atoms with Crippen molar-refractivity contribution in [2.24, 2.45) is 0 Å². The van der Waals surface area contributed by atoms with E-state index >= 15 is 0 Å². The molecule has 1 aromatic rings. The summed E-state index contributed by atoms with van der Waals surface area (Å²) >= 11 is 8.96. The smallest absolute Gasteiger partial charge is 0.239 e. The van der Waals surface area contributed by atoms with Crippen molar-refractivity contribution in [2.45, 2.75) is 6.37 Å². The molecule has 1 rings (SSSR count). The van der Waals surface area contributed by atoms with E-state index in [1.165, 1.54) is 19.2 Å².